The molecule has 5 nitrogen and oxygen atoms in total. The summed E-state index contributed by atoms with van der Waals surface area (Å²) < 4.78 is 6.38. The molecule has 3 aromatic rings. The van der Waals surface area contributed by atoms with E-state index in [1.165, 1.54) is 0 Å². The summed E-state index contributed by atoms with van der Waals surface area (Å²) in [5.41, 5.74) is 5.29. The zero-order valence-corrected chi connectivity index (χ0v) is 23.2. The van der Waals surface area contributed by atoms with Crippen LogP contribution in [0.2, 0.25) is 0 Å². The van der Waals surface area contributed by atoms with Crippen molar-refractivity contribution in [2.45, 2.75) is 39.0 Å². The third-order valence-electron chi connectivity index (χ3n) is 6.07. The molecular weight excluding hydrogens is 502 g/mol. The molecule has 7 heteroatoms. The van der Waals surface area contributed by atoms with Crippen LogP contribution in [-0.2, 0) is 16.1 Å². The summed E-state index contributed by atoms with van der Waals surface area (Å²) in [6.07, 6.45) is 2.25. The maximum absolute atomic E-state index is 13.3. The lowest BCUT2D eigenvalue weighted by Gasteiger charge is -2.20. The van der Waals surface area contributed by atoms with Gasteiger partial charge >= 0.3 is 5.97 Å². The number of hydrogen-bond donors (Lipinski definition) is 2. The lowest BCUT2D eigenvalue weighted by molar-refractivity contribution is -0.139. The first-order valence-electron chi connectivity index (χ1n) is 12.4. The van der Waals surface area contributed by atoms with Gasteiger partial charge in [0.15, 0.2) is 0 Å². The highest BCUT2D eigenvalue weighted by Crippen LogP contribution is 2.30. The summed E-state index contributed by atoms with van der Waals surface area (Å²) in [5.74, 6) is 1.11. The predicted octanol–water partition coefficient (Wildman–Crippen LogP) is 6.61. The van der Waals surface area contributed by atoms with Gasteiger partial charge in [0, 0.05) is 11.3 Å². The largest absolute Gasteiger partial charge is 0.480 e. The van der Waals surface area contributed by atoms with Crippen LogP contribution in [0.25, 0.3) is 11.1 Å². The second kappa shape index (κ2) is 14.9. The fraction of sp³-hybridized carbons (Fsp3) is 0.333. The summed E-state index contributed by atoms with van der Waals surface area (Å²) >= 11 is 3.40. The number of carbonyl (C=O) groups is 2. The Labute approximate surface area is 228 Å². The number of benzene rings is 3. The number of hydrogen-bond acceptors (Lipinski definition) is 5. The Morgan fingerprint density at radius 2 is 1.73 bits per heavy atom. The van der Waals surface area contributed by atoms with Gasteiger partial charge < -0.3 is 15.2 Å². The first-order chi connectivity index (χ1) is 17.9. The molecule has 0 heterocycles. The van der Waals surface area contributed by atoms with E-state index >= 15 is 0 Å². The number of rotatable bonds is 14. The molecule has 0 aliphatic heterocycles. The summed E-state index contributed by atoms with van der Waals surface area (Å²) in [6.45, 7) is 4.54. The molecule has 0 fully saturated rings. The fourth-order valence-corrected chi connectivity index (χ4v) is 5.25. The number of amides is 1. The van der Waals surface area contributed by atoms with Crippen molar-refractivity contribution in [3.8, 4) is 11.1 Å². The lowest BCUT2D eigenvalue weighted by atomic mass is 9.93. The van der Waals surface area contributed by atoms with Crippen LogP contribution in [0.15, 0.2) is 72.8 Å². The monoisotopic (exact) mass is 537 g/mol. The number of carboxylic acid groups (broad SMARTS) is 1. The molecule has 0 bridgehead atoms. The van der Waals surface area contributed by atoms with Crippen molar-refractivity contribution in [2.75, 3.05) is 23.5 Å². The van der Waals surface area contributed by atoms with E-state index in [0.717, 1.165) is 39.3 Å². The number of carboxylic acids is 1. The maximum Gasteiger partial charge on any atom is 0.326 e. The smallest absolute Gasteiger partial charge is 0.326 e. The normalized spacial score (nSPS) is 12.6. The van der Waals surface area contributed by atoms with E-state index in [1.807, 2.05) is 79.5 Å². The number of aliphatic carboxylic acids is 1. The molecule has 0 saturated heterocycles. The second-order valence-corrected chi connectivity index (χ2v) is 11.0. The van der Waals surface area contributed by atoms with Gasteiger partial charge in [0.25, 0.3) is 5.91 Å². The molecule has 2 N–H and O–H groups in total. The zero-order valence-electron chi connectivity index (χ0n) is 21.6. The molecule has 2 atom stereocenters. The summed E-state index contributed by atoms with van der Waals surface area (Å²) in [5, 5.41) is 12.3. The molecule has 196 valence electrons. The van der Waals surface area contributed by atoms with Gasteiger partial charge in [-0.05, 0) is 71.1 Å². The van der Waals surface area contributed by atoms with Crippen molar-refractivity contribution in [3.63, 3.8) is 0 Å². The van der Waals surface area contributed by atoms with Crippen LogP contribution in [0.4, 0.5) is 0 Å². The molecule has 0 unspecified atom stereocenters. The molecule has 0 radical (unpaired) electrons. The van der Waals surface area contributed by atoms with Crippen LogP contribution in [0, 0.1) is 6.92 Å². The van der Waals surface area contributed by atoms with Crippen molar-refractivity contribution in [2.24, 2.45) is 0 Å². The molecule has 37 heavy (non-hydrogen) atoms. The summed E-state index contributed by atoms with van der Waals surface area (Å²) in [7, 11) is 0. The Kier molecular flexibility index (Phi) is 11.6. The zero-order chi connectivity index (χ0) is 26.6. The van der Waals surface area contributed by atoms with Crippen LogP contribution >= 0.6 is 23.5 Å². The number of aryl methyl sites for hydroxylation is 1. The minimum atomic E-state index is -1.03. The van der Waals surface area contributed by atoms with Gasteiger partial charge in [-0.2, -0.15) is 23.5 Å². The van der Waals surface area contributed by atoms with E-state index in [4.69, 9.17) is 4.74 Å². The first kappa shape index (κ1) is 28.8. The third kappa shape index (κ3) is 8.38. The average Bonchev–Trinajstić information content (AvgIpc) is 2.91. The molecule has 1 amide bonds. The van der Waals surface area contributed by atoms with Crippen LogP contribution in [0.1, 0.15) is 46.5 Å². The maximum atomic E-state index is 13.3. The van der Waals surface area contributed by atoms with Crippen molar-refractivity contribution >= 4 is 35.4 Å². The molecule has 0 saturated carbocycles. The van der Waals surface area contributed by atoms with E-state index in [2.05, 4.69) is 24.4 Å². The molecular formula is C30H35NO4S2. The van der Waals surface area contributed by atoms with Crippen LogP contribution in [0.5, 0.6) is 0 Å². The van der Waals surface area contributed by atoms with E-state index in [9.17, 15) is 14.7 Å². The molecule has 0 aliphatic carbocycles. The van der Waals surface area contributed by atoms with E-state index in [1.54, 1.807) is 17.8 Å². The summed E-state index contributed by atoms with van der Waals surface area (Å²) in [4.78, 5) is 25.0. The fourth-order valence-electron chi connectivity index (χ4n) is 4.04. The van der Waals surface area contributed by atoms with Gasteiger partial charge in [-0.1, -0.05) is 67.6 Å². The molecule has 0 aromatic heterocycles. The Morgan fingerprint density at radius 1 is 1.00 bits per heavy atom. The highest BCUT2D eigenvalue weighted by Gasteiger charge is 2.23. The number of carbonyl (C=O) groups excluding carboxylic acids is 1. The average molecular weight is 538 g/mol. The third-order valence-corrected chi connectivity index (χ3v) is 7.66. The van der Waals surface area contributed by atoms with Gasteiger partial charge in [-0.3, -0.25) is 4.79 Å². The van der Waals surface area contributed by atoms with Crippen LogP contribution < -0.4 is 5.32 Å². The van der Waals surface area contributed by atoms with E-state index in [0.29, 0.717) is 24.3 Å². The Hall–Kier alpha value is -2.74. The van der Waals surface area contributed by atoms with E-state index in [-0.39, 0.29) is 12.0 Å². The number of thioether (sulfide) groups is 2. The topological polar surface area (TPSA) is 75.6 Å². The van der Waals surface area contributed by atoms with Gasteiger partial charge in [0.1, 0.15) is 6.04 Å². The lowest BCUT2D eigenvalue weighted by Crippen LogP contribution is -2.41. The van der Waals surface area contributed by atoms with Gasteiger partial charge in [0.05, 0.1) is 12.7 Å². The minimum Gasteiger partial charge on any atom is -0.480 e. The highest BCUT2D eigenvalue weighted by atomic mass is 32.2. The van der Waals surface area contributed by atoms with Crippen molar-refractivity contribution < 1.29 is 19.4 Å². The Morgan fingerprint density at radius 3 is 2.41 bits per heavy atom. The second-order valence-electron chi connectivity index (χ2n) is 8.71. The Bertz CT molecular complexity index is 1170. The van der Waals surface area contributed by atoms with E-state index < -0.39 is 12.0 Å². The number of ether oxygens (including phenoxy) is 1. The molecule has 3 aromatic carbocycles. The molecule has 3 rings (SSSR count). The standard InChI is InChI=1S/C30H35NO4S2/c1-4-37-20-28(23-11-6-5-7-12-23)35-19-22-14-15-25(26(18-22)24-13-9-8-10-21(24)2)29(32)31-27(30(33)34)16-17-36-3/h5-15,18,27-28H,4,16-17,19-20H2,1-3H3,(H,31,32)(H,33,34)/t27-,28-/m0/s1. The SMILES string of the molecule is CCSC[C@H](OCc1ccc(C(=O)N[C@@H](CCSC)C(=O)O)c(-c2ccccc2C)c1)c1ccccc1. The van der Waals surface area contributed by atoms with Gasteiger partial charge in [0.2, 0.25) is 0 Å². The molecule has 0 aliphatic rings. The predicted molar refractivity (Wildman–Crippen MR) is 155 cm³/mol. The van der Waals surface area contributed by atoms with Gasteiger partial charge in [-0.15, -0.1) is 0 Å². The highest BCUT2D eigenvalue weighted by molar-refractivity contribution is 7.99. The first-order valence-corrected chi connectivity index (χ1v) is 14.9. The quantitative estimate of drug-likeness (QED) is 0.241. The van der Waals surface area contributed by atoms with Crippen molar-refractivity contribution in [1.82, 2.24) is 5.32 Å². The molecule has 0 spiro atoms. The Balaban J connectivity index is 1.89. The van der Waals surface area contributed by atoms with Crippen LogP contribution in [0.3, 0.4) is 0 Å². The van der Waals surface area contributed by atoms with Gasteiger partial charge in [-0.25, -0.2) is 4.79 Å². The minimum absolute atomic E-state index is 0.0382. The van der Waals surface area contributed by atoms with Crippen molar-refractivity contribution in [3.05, 3.63) is 95.1 Å². The summed E-state index contributed by atoms with van der Waals surface area (Å²) in [6, 6.07) is 22.8. The van der Waals surface area contributed by atoms with Crippen molar-refractivity contribution in [1.29, 1.82) is 0 Å². The number of nitrogens with one attached hydrogen (secondary N) is 1. The van der Waals surface area contributed by atoms with Crippen LogP contribution in [-0.4, -0.2) is 46.5 Å².